The van der Waals surface area contributed by atoms with Crippen molar-refractivity contribution in [1.82, 2.24) is 24.9 Å². The monoisotopic (exact) mass is 714 g/mol. The predicted octanol–water partition coefficient (Wildman–Crippen LogP) is 12.7. The fraction of sp³-hybridized carbons (Fsp3) is 0. The molecule has 0 amide bonds. The van der Waals surface area contributed by atoms with Crippen LogP contribution in [-0.2, 0) is 0 Å². The normalized spacial score (nSPS) is 11.2. The van der Waals surface area contributed by atoms with Gasteiger partial charge in [-0.1, -0.05) is 140 Å². The molecule has 0 bridgehead atoms. The molecular formula is C50H30N6. The highest BCUT2D eigenvalue weighted by Crippen LogP contribution is 2.41. The summed E-state index contributed by atoms with van der Waals surface area (Å²) in [5.41, 5.74) is 11.6. The lowest BCUT2D eigenvalue weighted by atomic mass is 9.90. The molecular weight excluding hydrogens is 685 g/mol. The molecule has 7 aromatic carbocycles. The van der Waals surface area contributed by atoms with Crippen LogP contribution in [0, 0.1) is 6.57 Å². The lowest BCUT2D eigenvalue weighted by Crippen LogP contribution is -2.00. The number of rotatable bonds is 6. The Kier molecular flexibility index (Phi) is 8.09. The Morgan fingerprint density at radius 3 is 1.32 bits per heavy atom. The van der Waals surface area contributed by atoms with Gasteiger partial charge in [-0.3, -0.25) is 9.97 Å². The van der Waals surface area contributed by atoms with Crippen molar-refractivity contribution in [3.05, 3.63) is 194 Å². The maximum absolute atomic E-state index is 7.40. The number of fused-ring (bicyclic) bond motifs is 5. The first-order valence-electron chi connectivity index (χ1n) is 18.4. The zero-order valence-electron chi connectivity index (χ0n) is 30.0. The molecule has 260 valence electrons. The molecule has 10 aromatic rings. The number of benzene rings is 7. The molecule has 0 fully saturated rings. The van der Waals surface area contributed by atoms with E-state index in [0.717, 1.165) is 82.6 Å². The molecule has 56 heavy (non-hydrogen) atoms. The summed E-state index contributed by atoms with van der Waals surface area (Å²) in [5.74, 6) is 1.90. The van der Waals surface area contributed by atoms with Crippen LogP contribution >= 0.6 is 0 Å². The van der Waals surface area contributed by atoms with Gasteiger partial charge < -0.3 is 0 Å². The molecule has 0 saturated heterocycles. The lowest BCUT2D eigenvalue weighted by molar-refractivity contribution is 1.07. The highest BCUT2D eigenvalue weighted by Gasteiger charge is 2.17. The van der Waals surface area contributed by atoms with Crippen LogP contribution in [0.25, 0.3) is 105 Å². The van der Waals surface area contributed by atoms with Crippen LogP contribution in [0.1, 0.15) is 0 Å². The molecule has 3 heterocycles. The van der Waals surface area contributed by atoms with Gasteiger partial charge in [-0.25, -0.2) is 19.8 Å². The maximum atomic E-state index is 7.40. The molecule has 0 spiro atoms. The highest BCUT2D eigenvalue weighted by atomic mass is 15.0. The fourth-order valence-corrected chi connectivity index (χ4v) is 7.47. The summed E-state index contributed by atoms with van der Waals surface area (Å²) in [7, 11) is 0. The van der Waals surface area contributed by atoms with E-state index in [0.29, 0.717) is 23.2 Å². The Morgan fingerprint density at radius 1 is 0.339 bits per heavy atom. The van der Waals surface area contributed by atoms with Gasteiger partial charge in [0.2, 0.25) is 0 Å². The second-order valence-corrected chi connectivity index (χ2v) is 13.6. The van der Waals surface area contributed by atoms with E-state index in [-0.39, 0.29) is 0 Å². The molecule has 10 rings (SSSR count). The number of hydrogen-bond donors (Lipinski definition) is 0. The van der Waals surface area contributed by atoms with E-state index in [4.69, 9.17) is 31.5 Å². The highest BCUT2D eigenvalue weighted by molar-refractivity contribution is 6.22. The van der Waals surface area contributed by atoms with Crippen LogP contribution in [0.2, 0.25) is 0 Å². The van der Waals surface area contributed by atoms with E-state index in [1.807, 2.05) is 109 Å². The summed E-state index contributed by atoms with van der Waals surface area (Å²) in [5, 5.41) is 4.36. The van der Waals surface area contributed by atoms with Gasteiger partial charge in [-0.05, 0) is 63.4 Å². The first-order chi connectivity index (χ1) is 27.7. The van der Waals surface area contributed by atoms with Crippen molar-refractivity contribution in [2.75, 3.05) is 0 Å². The zero-order chi connectivity index (χ0) is 37.4. The van der Waals surface area contributed by atoms with E-state index in [1.165, 1.54) is 0 Å². The van der Waals surface area contributed by atoms with Gasteiger partial charge in [0.05, 0.1) is 17.6 Å². The van der Waals surface area contributed by atoms with Crippen LogP contribution in [0.5, 0.6) is 0 Å². The van der Waals surface area contributed by atoms with E-state index >= 15 is 0 Å². The van der Waals surface area contributed by atoms with Crippen LogP contribution in [0.15, 0.2) is 182 Å². The number of hydrogen-bond acceptors (Lipinski definition) is 5. The molecule has 0 saturated carbocycles. The largest absolute Gasteiger partial charge is 0.256 e. The molecule has 0 radical (unpaired) electrons. The van der Waals surface area contributed by atoms with Crippen molar-refractivity contribution in [2.45, 2.75) is 0 Å². The predicted molar refractivity (Wildman–Crippen MR) is 227 cm³/mol. The van der Waals surface area contributed by atoms with E-state index in [2.05, 4.69) is 77.6 Å². The Balaban J connectivity index is 1.06. The molecule has 0 aliphatic carbocycles. The summed E-state index contributed by atoms with van der Waals surface area (Å²) in [4.78, 5) is 28.1. The summed E-state index contributed by atoms with van der Waals surface area (Å²) >= 11 is 0. The summed E-state index contributed by atoms with van der Waals surface area (Å²) in [6, 6.07) is 57.6. The second-order valence-electron chi connectivity index (χ2n) is 13.6. The summed E-state index contributed by atoms with van der Waals surface area (Å²) in [6.07, 6.45) is 3.70. The van der Waals surface area contributed by atoms with Crippen molar-refractivity contribution in [2.24, 2.45) is 0 Å². The first-order valence-corrected chi connectivity index (χ1v) is 18.4. The lowest BCUT2D eigenvalue weighted by Gasteiger charge is -2.15. The molecule has 0 aliphatic heterocycles. The van der Waals surface area contributed by atoms with Gasteiger partial charge in [-0.15, -0.1) is 0 Å². The fourth-order valence-electron chi connectivity index (χ4n) is 7.47. The molecule has 6 heteroatoms. The molecule has 0 atom stereocenters. The Hall–Kier alpha value is -7.88. The van der Waals surface area contributed by atoms with Gasteiger partial charge in [0.1, 0.15) is 0 Å². The molecule has 6 nitrogen and oxygen atoms in total. The maximum Gasteiger partial charge on any atom is 0.187 e. The van der Waals surface area contributed by atoms with Gasteiger partial charge in [0.25, 0.3) is 0 Å². The van der Waals surface area contributed by atoms with Crippen molar-refractivity contribution in [1.29, 1.82) is 0 Å². The average molecular weight is 715 g/mol. The molecule has 0 aliphatic rings. The van der Waals surface area contributed by atoms with Crippen molar-refractivity contribution >= 4 is 38.3 Å². The van der Waals surface area contributed by atoms with Crippen molar-refractivity contribution in [3.8, 4) is 67.5 Å². The molecule has 0 unspecified atom stereocenters. The van der Waals surface area contributed by atoms with Gasteiger partial charge >= 0.3 is 0 Å². The molecule has 0 N–H and O–H groups in total. The van der Waals surface area contributed by atoms with Gasteiger partial charge in [-0.2, -0.15) is 0 Å². The van der Waals surface area contributed by atoms with E-state index < -0.39 is 0 Å². The zero-order valence-corrected chi connectivity index (χ0v) is 30.0. The minimum atomic E-state index is 0.613. The quantitative estimate of drug-likeness (QED) is 0.127. The first kappa shape index (κ1) is 32.7. The van der Waals surface area contributed by atoms with Crippen LogP contribution in [0.3, 0.4) is 0 Å². The minimum absolute atomic E-state index is 0.613. The third-order valence-electron chi connectivity index (χ3n) is 10.2. The summed E-state index contributed by atoms with van der Waals surface area (Å²) in [6.45, 7) is 7.40. The van der Waals surface area contributed by atoms with Crippen LogP contribution in [0.4, 0.5) is 5.69 Å². The van der Waals surface area contributed by atoms with E-state index in [1.54, 1.807) is 0 Å². The SMILES string of the molecule is [C-]#[N+]c1ccc(-c2cc3c4cccnc4c(-c4cccc(-c5ccc(-c6nc(-c7ccccc7)nc(-c7ccccc7)n6)cc5)c4)cc3c3cccnc23)cc1. The van der Waals surface area contributed by atoms with Crippen molar-refractivity contribution < 1.29 is 0 Å². The third kappa shape index (κ3) is 5.90. The second kappa shape index (κ2) is 13.8. The number of pyridine rings is 2. The Bertz CT molecular complexity index is 3060. The van der Waals surface area contributed by atoms with Crippen LogP contribution < -0.4 is 0 Å². The van der Waals surface area contributed by atoms with Crippen molar-refractivity contribution in [3.63, 3.8) is 0 Å². The minimum Gasteiger partial charge on any atom is -0.256 e. The smallest absolute Gasteiger partial charge is 0.187 e. The standard InChI is InChI=1S/C50H30N6/c1-51-39-25-23-33(24-26-39)42-30-44-41-18-10-28-53-47(41)43(31-45(44)40-17-9-27-52-46(40)42)38-16-8-15-37(29-38)32-19-21-36(22-20-32)50-55-48(34-11-4-2-5-12-34)54-49(56-50)35-13-6-3-7-14-35/h2-31H. The number of nitrogens with zero attached hydrogens (tertiary/aromatic N) is 6. The molecule has 3 aromatic heterocycles. The Morgan fingerprint density at radius 2 is 0.786 bits per heavy atom. The van der Waals surface area contributed by atoms with Crippen LogP contribution in [-0.4, -0.2) is 24.9 Å². The van der Waals surface area contributed by atoms with Gasteiger partial charge in [0, 0.05) is 51.0 Å². The topological polar surface area (TPSA) is 68.8 Å². The number of aromatic nitrogens is 5. The van der Waals surface area contributed by atoms with E-state index in [9.17, 15) is 0 Å². The van der Waals surface area contributed by atoms with Gasteiger partial charge in [0.15, 0.2) is 23.2 Å². The average Bonchev–Trinajstić information content (AvgIpc) is 3.29. The third-order valence-corrected chi connectivity index (χ3v) is 10.2. The summed E-state index contributed by atoms with van der Waals surface area (Å²) < 4.78 is 0. The Labute approximate surface area is 323 Å².